The number of amides is 1. The van der Waals surface area contributed by atoms with E-state index in [0.29, 0.717) is 31.0 Å². The Bertz CT molecular complexity index is 1050. The predicted molar refractivity (Wildman–Crippen MR) is 134 cm³/mol. The minimum absolute atomic E-state index is 0.312. The molecular formula is C25H35N7O2. The molecule has 0 spiro atoms. The SMILES string of the molecule is CC1Cc2ccc(C3CCN(C(=O)O)CC3)cc2CN1c1cc(N2CCN(C)CC2)nc(N)n1. The second-order valence-electron chi connectivity index (χ2n) is 9.99. The summed E-state index contributed by atoms with van der Waals surface area (Å²) < 4.78 is 0. The fourth-order valence-electron chi connectivity index (χ4n) is 5.51. The number of nitrogens with two attached hydrogens (primary N) is 1. The Hall–Kier alpha value is -3.07. The molecule has 182 valence electrons. The molecule has 1 atom stereocenters. The van der Waals surface area contributed by atoms with Crippen molar-refractivity contribution >= 4 is 23.7 Å². The second-order valence-corrected chi connectivity index (χ2v) is 9.99. The quantitative estimate of drug-likeness (QED) is 0.713. The van der Waals surface area contributed by atoms with Gasteiger partial charge in [0.05, 0.1) is 0 Å². The summed E-state index contributed by atoms with van der Waals surface area (Å²) in [5, 5.41) is 9.25. The van der Waals surface area contributed by atoms with Crippen LogP contribution in [0.2, 0.25) is 0 Å². The molecule has 5 rings (SSSR count). The Balaban J connectivity index is 1.35. The van der Waals surface area contributed by atoms with Crippen LogP contribution in [-0.4, -0.2) is 83.3 Å². The van der Waals surface area contributed by atoms with E-state index in [9.17, 15) is 9.90 Å². The number of hydrogen-bond acceptors (Lipinski definition) is 7. The maximum Gasteiger partial charge on any atom is 0.407 e. The van der Waals surface area contributed by atoms with E-state index in [2.05, 4.69) is 62.9 Å². The van der Waals surface area contributed by atoms with Gasteiger partial charge in [-0.25, -0.2) is 4.79 Å². The smallest absolute Gasteiger partial charge is 0.407 e. The number of nitrogen functional groups attached to an aromatic ring is 1. The van der Waals surface area contributed by atoms with Crippen LogP contribution in [0.3, 0.4) is 0 Å². The number of rotatable bonds is 3. The zero-order valence-electron chi connectivity index (χ0n) is 20.2. The van der Waals surface area contributed by atoms with Crippen LogP contribution in [0.25, 0.3) is 0 Å². The van der Waals surface area contributed by atoms with E-state index in [1.807, 2.05) is 0 Å². The molecule has 34 heavy (non-hydrogen) atoms. The Morgan fingerprint density at radius 2 is 1.71 bits per heavy atom. The number of piperidine rings is 1. The van der Waals surface area contributed by atoms with Crippen molar-refractivity contribution in [1.82, 2.24) is 19.8 Å². The highest BCUT2D eigenvalue weighted by atomic mass is 16.4. The van der Waals surface area contributed by atoms with Crippen molar-refractivity contribution in [3.63, 3.8) is 0 Å². The van der Waals surface area contributed by atoms with Crippen LogP contribution in [0.4, 0.5) is 22.4 Å². The van der Waals surface area contributed by atoms with Gasteiger partial charge in [-0.15, -0.1) is 0 Å². The number of benzene rings is 1. The summed E-state index contributed by atoms with van der Waals surface area (Å²) in [6.45, 7) is 8.15. The maximum atomic E-state index is 11.2. The molecule has 1 aromatic heterocycles. The average molecular weight is 466 g/mol. The summed E-state index contributed by atoms with van der Waals surface area (Å²) in [7, 11) is 2.15. The average Bonchev–Trinajstić information content (AvgIpc) is 2.83. The van der Waals surface area contributed by atoms with Gasteiger partial charge in [0.25, 0.3) is 0 Å². The van der Waals surface area contributed by atoms with E-state index in [1.54, 1.807) is 0 Å². The Labute approximate surface area is 201 Å². The zero-order chi connectivity index (χ0) is 23.8. The number of likely N-dealkylation sites (N-methyl/N-ethyl adjacent to an activating group) is 1. The van der Waals surface area contributed by atoms with Gasteiger partial charge in [0.2, 0.25) is 5.95 Å². The number of fused-ring (bicyclic) bond motifs is 1. The molecule has 3 aliphatic heterocycles. The molecule has 2 fully saturated rings. The molecule has 0 bridgehead atoms. The minimum Gasteiger partial charge on any atom is -0.465 e. The fourth-order valence-corrected chi connectivity index (χ4v) is 5.51. The highest BCUT2D eigenvalue weighted by Crippen LogP contribution is 2.34. The second kappa shape index (κ2) is 9.29. The largest absolute Gasteiger partial charge is 0.465 e. The monoisotopic (exact) mass is 465 g/mol. The first-order valence-corrected chi connectivity index (χ1v) is 12.3. The van der Waals surface area contributed by atoms with Gasteiger partial charge >= 0.3 is 6.09 Å². The number of hydrogen-bond donors (Lipinski definition) is 2. The van der Waals surface area contributed by atoms with Crippen LogP contribution in [0.5, 0.6) is 0 Å². The van der Waals surface area contributed by atoms with E-state index in [1.165, 1.54) is 21.6 Å². The van der Waals surface area contributed by atoms with Crippen LogP contribution in [0.1, 0.15) is 42.4 Å². The van der Waals surface area contributed by atoms with Gasteiger partial charge in [-0.05, 0) is 55.8 Å². The van der Waals surface area contributed by atoms with E-state index in [0.717, 1.165) is 63.6 Å². The normalized spacial score (nSPS) is 22.1. The lowest BCUT2D eigenvalue weighted by atomic mass is 9.85. The fraction of sp³-hybridized carbons (Fsp3) is 0.560. The summed E-state index contributed by atoms with van der Waals surface area (Å²) in [6, 6.07) is 9.25. The molecular weight excluding hydrogens is 430 g/mol. The zero-order valence-corrected chi connectivity index (χ0v) is 20.2. The summed E-state index contributed by atoms with van der Waals surface area (Å²) in [4.78, 5) is 28.9. The number of likely N-dealkylation sites (tertiary alicyclic amines) is 1. The Morgan fingerprint density at radius 1 is 1.00 bits per heavy atom. The summed E-state index contributed by atoms with van der Waals surface area (Å²) >= 11 is 0. The maximum absolute atomic E-state index is 11.2. The van der Waals surface area contributed by atoms with Crippen molar-refractivity contribution < 1.29 is 9.90 Å². The van der Waals surface area contributed by atoms with Gasteiger partial charge in [0.15, 0.2) is 0 Å². The van der Waals surface area contributed by atoms with Crippen molar-refractivity contribution in [3.05, 3.63) is 41.0 Å². The molecule has 9 nitrogen and oxygen atoms in total. The molecule has 0 radical (unpaired) electrons. The molecule has 1 amide bonds. The first-order chi connectivity index (χ1) is 16.4. The molecule has 4 heterocycles. The molecule has 3 N–H and O–H groups in total. The van der Waals surface area contributed by atoms with Gasteiger partial charge in [-0.3, -0.25) is 0 Å². The number of carboxylic acid groups (broad SMARTS) is 1. The van der Waals surface area contributed by atoms with Gasteiger partial charge < -0.3 is 30.4 Å². The van der Waals surface area contributed by atoms with E-state index >= 15 is 0 Å². The highest BCUT2D eigenvalue weighted by molar-refractivity contribution is 5.65. The molecule has 2 saturated heterocycles. The lowest BCUT2D eigenvalue weighted by molar-refractivity contribution is 0.132. The summed E-state index contributed by atoms with van der Waals surface area (Å²) in [5.41, 5.74) is 10.2. The highest BCUT2D eigenvalue weighted by Gasteiger charge is 2.28. The molecule has 0 saturated carbocycles. The van der Waals surface area contributed by atoms with Gasteiger partial charge in [-0.2, -0.15) is 9.97 Å². The van der Waals surface area contributed by atoms with E-state index < -0.39 is 6.09 Å². The van der Waals surface area contributed by atoms with Crippen molar-refractivity contribution in [2.45, 2.75) is 44.7 Å². The van der Waals surface area contributed by atoms with Crippen molar-refractivity contribution in [2.75, 3.05) is 61.8 Å². The van der Waals surface area contributed by atoms with Crippen molar-refractivity contribution in [1.29, 1.82) is 0 Å². The predicted octanol–water partition coefficient (Wildman–Crippen LogP) is 2.62. The first kappa shape index (κ1) is 22.7. The van der Waals surface area contributed by atoms with Crippen LogP contribution in [-0.2, 0) is 13.0 Å². The van der Waals surface area contributed by atoms with Crippen molar-refractivity contribution in [2.24, 2.45) is 0 Å². The first-order valence-electron chi connectivity index (χ1n) is 12.3. The molecule has 2 aromatic rings. The topological polar surface area (TPSA) is 102 Å². The van der Waals surface area contributed by atoms with Gasteiger partial charge in [0, 0.05) is 57.9 Å². The lowest BCUT2D eigenvalue weighted by Crippen LogP contribution is -2.45. The van der Waals surface area contributed by atoms with Crippen LogP contribution in [0.15, 0.2) is 24.3 Å². The summed E-state index contributed by atoms with van der Waals surface area (Å²) in [6.07, 6.45) is 1.90. The Kier molecular flexibility index (Phi) is 6.20. The molecule has 1 aromatic carbocycles. The summed E-state index contributed by atoms with van der Waals surface area (Å²) in [5.74, 6) is 2.53. The van der Waals surface area contributed by atoms with Crippen LogP contribution >= 0.6 is 0 Å². The van der Waals surface area contributed by atoms with E-state index in [-0.39, 0.29) is 0 Å². The molecule has 0 aliphatic carbocycles. The standard InChI is InChI=1S/C25H35N7O2/c1-17-13-19-3-4-20(18-5-7-31(8-6-18)25(33)34)14-21(19)16-32(17)23-15-22(27-24(26)28-23)30-11-9-29(2)10-12-30/h3-4,14-15,17-18H,5-13,16H2,1-2H3,(H,33,34)(H2,26,27,28). The lowest BCUT2D eigenvalue weighted by Gasteiger charge is -2.38. The van der Waals surface area contributed by atoms with Crippen molar-refractivity contribution in [3.8, 4) is 0 Å². The van der Waals surface area contributed by atoms with Gasteiger partial charge in [0.1, 0.15) is 11.6 Å². The van der Waals surface area contributed by atoms with Crippen LogP contribution < -0.4 is 15.5 Å². The third-order valence-electron chi connectivity index (χ3n) is 7.69. The van der Waals surface area contributed by atoms with E-state index in [4.69, 9.17) is 5.73 Å². The number of carbonyl (C=O) groups is 1. The third-order valence-corrected chi connectivity index (χ3v) is 7.69. The number of piperazine rings is 1. The number of aromatic nitrogens is 2. The number of anilines is 3. The third kappa shape index (κ3) is 4.61. The molecule has 1 unspecified atom stereocenters. The Morgan fingerprint density at radius 3 is 2.41 bits per heavy atom. The van der Waals surface area contributed by atoms with Gasteiger partial charge in [-0.1, -0.05) is 18.2 Å². The molecule has 3 aliphatic rings. The number of nitrogens with zero attached hydrogens (tertiary/aromatic N) is 6. The minimum atomic E-state index is -0.811. The molecule has 9 heteroatoms. The van der Waals surface area contributed by atoms with Crippen LogP contribution in [0, 0.1) is 0 Å².